The molecular weight excluding hydrogens is 312 g/mol. The maximum absolute atomic E-state index is 6.04. The lowest BCUT2D eigenvalue weighted by Crippen LogP contribution is -2.38. The molecule has 1 aromatic carbocycles. The van der Waals surface area contributed by atoms with E-state index in [0.717, 1.165) is 29.1 Å². The highest BCUT2D eigenvalue weighted by atomic mass is 79.9. The highest BCUT2D eigenvalue weighted by Crippen LogP contribution is 2.24. The van der Waals surface area contributed by atoms with Crippen LogP contribution in [0.4, 0.5) is 0 Å². The van der Waals surface area contributed by atoms with Crippen molar-refractivity contribution >= 4 is 27.5 Å². The van der Waals surface area contributed by atoms with Gasteiger partial charge in [-0.25, -0.2) is 0 Å². The van der Waals surface area contributed by atoms with E-state index in [1.165, 1.54) is 5.56 Å². The molecule has 0 fully saturated rings. The molecule has 0 aliphatic heterocycles. The molecule has 0 radical (unpaired) electrons. The number of benzene rings is 1. The van der Waals surface area contributed by atoms with Crippen LogP contribution in [0.1, 0.15) is 26.3 Å². The second-order valence-corrected chi connectivity index (χ2v) is 6.70. The van der Waals surface area contributed by atoms with Crippen LogP contribution in [0.25, 0.3) is 0 Å². The molecule has 2 nitrogen and oxygen atoms in total. The second-order valence-electron chi connectivity index (χ2n) is 5.41. The van der Waals surface area contributed by atoms with Gasteiger partial charge in [-0.15, -0.1) is 0 Å². The summed E-state index contributed by atoms with van der Waals surface area (Å²) >= 11 is 9.62. The van der Waals surface area contributed by atoms with Crippen LogP contribution >= 0.6 is 27.5 Å². The molecule has 4 heteroatoms. The Morgan fingerprint density at radius 3 is 2.61 bits per heavy atom. The summed E-state index contributed by atoms with van der Waals surface area (Å²) in [6, 6.07) is 5.92. The number of nitrogens with two attached hydrogens (primary N) is 1. The molecular formula is C14H22BrClN2. The van der Waals surface area contributed by atoms with Crippen LogP contribution < -0.4 is 5.73 Å². The highest BCUT2D eigenvalue weighted by Gasteiger charge is 2.19. The van der Waals surface area contributed by atoms with Crippen molar-refractivity contribution in [1.29, 1.82) is 0 Å². The molecule has 1 rings (SSSR count). The van der Waals surface area contributed by atoms with Crippen LogP contribution in [0.15, 0.2) is 22.7 Å². The molecule has 0 aliphatic rings. The quantitative estimate of drug-likeness (QED) is 0.855. The van der Waals surface area contributed by atoms with E-state index in [1.807, 2.05) is 18.2 Å². The van der Waals surface area contributed by atoms with Crippen molar-refractivity contribution < 1.29 is 0 Å². The first kappa shape index (κ1) is 16.0. The van der Waals surface area contributed by atoms with Crippen LogP contribution in [0.5, 0.6) is 0 Å². The normalized spacial score (nSPS) is 12.2. The predicted octanol–water partition coefficient (Wildman–Crippen LogP) is 3.91. The molecule has 0 spiro atoms. The van der Waals surface area contributed by atoms with Crippen LogP contribution in [0, 0.1) is 5.41 Å². The molecule has 0 heterocycles. The minimum atomic E-state index is 0.140. The Kier molecular flexibility index (Phi) is 6.12. The molecule has 0 saturated heterocycles. The van der Waals surface area contributed by atoms with Gasteiger partial charge in [-0.05, 0) is 42.3 Å². The van der Waals surface area contributed by atoms with Crippen LogP contribution in [0.3, 0.4) is 0 Å². The minimum Gasteiger partial charge on any atom is -0.330 e. The summed E-state index contributed by atoms with van der Waals surface area (Å²) in [6.07, 6.45) is 0. The molecule has 0 bridgehead atoms. The monoisotopic (exact) mass is 332 g/mol. The summed E-state index contributed by atoms with van der Waals surface area (Å²) < 4.78 is 1.11. The van der Waals surface area contributed by atoms with E-state index >= 15 is 0 Å². The molecule has 0 unspecified atom stereocenters. The lowest BCUT2D eigenvalue weighted by Gasteiger charge is -2.31. The predicted molar refractivity (Wildman–Crippen MR) is 82.9 cm³/mol. The molecule has 0 aromatic heterocycles. The maximum atomic E-state index is 6.04. The lowest BCUT2D eigenvalue weighted by molar-refractivity contribution is 0.183. The largest absolute Gasteiger partial charge is 0.330 e. The van der Waals surface area contributed by atoms with Crippen LogP contribution in [-0.4, -0.2) is 24.5 Å². The number of hydrogen-bond donors (Lipinski definition) is 1. The Hall–Kier alpha value is -0.0900. The van der Waals surface area contributed by atoms with Gasteiger partial charge in [-0.3, -0.25) is 4.90 Å². The average molecular weight is 334 g/mol. The molecule has 0 atom stereocenters. The van der Waals surface area contributed by atoms with Crippen molar-refractivity contribution in [3.8, 4) is 0 Å². The van der Waals surface area contributed by atoms with Crippen molar-refractivity contribution in [1.82, 2.24) is 4.90 Å². The molecule has 102 valence electrons. The fourth-order valence-corrected chi connectivity index (χ4v) is 2.42. The molecule has 18 heavy (non-hydrogen) atoms. The Bertz CT molecular complexity index is 393. The minimum absolute atomic E-state index is 0.140. The van der Waals surface area contributed by atoms with Gasteiger partial charge in [0.25, 0.3) is 0 Å². The zero-order chi connectivity index (χ0) is 13.8. The smallest absolute Gasteiger partial charge is 0.0410 e. The summed E-state index contributed by atoms with van der Waals surface area (Å²) in [4.78, 5) is 2.39. The van der Waals surface area contributed by atoms with Crippen molar-refractivity contribution in [3.63, 3.8) is 0 Å². The highest BCUT2D eigenvalue weighted by molar-refractivity contribution is 9.10. The lowest BCUT2D eigenvalue weighted by atomic mass is 9.93. The summed E-state index contributed by atoms with van der Waals surface area (Å²) in [7, 11) is 0. The third-order valence-corrected chi connectivity index (χ3v) is 4.06. The Morgan fingerprint density at radius 2 is 2.06 bits per heavy atom. The summed E-state index contributed by atoms with van der Waals surface area (Å²) in [6.45, 7) is 10.1. The van der Waals surface area contributed by atoms with E-state index < -0.39 is 0 Å². The van der Waals surface area contributed by atoms with E-state index in [-0.39, 0.29) is 5.41 Å². The van der Waals surface area contributed by atoms with Gasteiger partial charge in [0.1, 0.15) is 0 Å². The summed E-state index contributed by atoms with van der Waals surface area (Å²) in [5.74, 6) is 0. The van der Waals surface area contributed by atoms with Crippen LogP contribution in [-0.2, 0) is 6.54 Å². The van der Waals surface area contributed by atoms with Gasteiger partial charge in [0.05, 0.1) is 0 Å². The molecule has 1 aromatic rings. The molecule has 0 saturated carbocycles. The van der Waals surface area contributed by atoms with Crippen LogP contribution in [0.2, 0.25) is 5.02 Å². The van der Waals surface area contributed by atoms with E-state index in [2.05, 4.69) is 41.6 Å². The summed E-state index contributed by atoms with van der Waals surface area (Å²) in [5, 5.41) is 0.780. The number of halogens is 2. The molecule has 0 amide bonds. The second kappa shape index (κ2) is 6.90. The van der Waals surface area contributed by atoms with Gasteiger partial charge in [0.15, 0.2) is 0 Å². The number of nitrogens with zero attached hydrogens (tertiary/aromatic N) is 1. The Morgan fingerprint density at radius 1 is 1.39 bits per heavy atom. The van der Waals surface area contributed by atoms with Crippen molar-refractivity contribution in [2.75, 3.05) is 19.6 Å². The van der Waals surface area contributed by atoms with Gasteiger partial charge in [-0.1, -0.05) is 48.3 Å². The number of hydrogen-bond acceptors (Lipinski definition) is 2. The number of rotatable bonds is 6. The van der Waals surface area contributed by atoms with E-state index in [1.54, 1.807) is 0 Å². The van der Waals surface area contributed by atoms with Gasteiger partial charge in [0.2, 0.25) is 0 Å². The van der Waals surface area contributed by atoms with Gasteiger partial charge in [-0.2, -0.15) is 0 Å². The zero-order valence-corrected chi connectivity index (χ0v) is 13.7. The van der Waals surface area contributed by atoms with Crippen molar-refractivity contribution in [2.24, 2.45) is 11.1 Å². The first-order valence-corrected chi connectivity index (χ1v) is 7.41. The summed E-state index contributed by atoms with van der Waals surface area (Å²) in [5.41, 5.74) is 7.16. The molecule has 0 aliphatic carbocycles. The zero-order valence-electron chi connectivity index (χ0n) is 11.3. The topological polar surface area (TPSA) is 29.3 Å². The first-order chi connectivity index (χ1) is 8.38. The Balaban J connectivity index is 2.77. The Labute approximate surface area is 124 Å². The van der Waals surface area contributed by atoms with Gasteiger partial charge in [0, 0.05) is 22.6 Å². The van der Waals surface area contributed by atoms with Crippen molar-refractivity contribution in [3.05, 3.63) is 33.3 Å². The maximum Gasteiger partial charge on any atom is 0.0410 e. The van der Waals surface area contributed by atoms with E-state index in [9.17, 15) is 0 Å². The SMILES string of the molecule is CCN(Cc1cc(Cl)ccc1Br)CC(C)(C)CN. The standard InChI is InChI=1S/C14H22BrClN2/c1-4-18(10-14(2,3)9-17)8-11-7-12(16)5-6-13(11)15/h5-7H,4,8-10,17H2,1-3H3. The third-order valence-electron chi connectivity index (χ3n) is 3.05. The fraction of sp³-hybridized carbons (Fsp3) is 0.571. The fourth-order valence-electron chi connectivity index (χ4n) is 1.85. The average Bonchev–Trinajstić information content (AvgIpc) is 2.32. The van der Waals surface area contributed by atoms with E-state index in [0.29, 0.717) is 6.54 Å². The van der Waals surface area contributed by atoms with Gasteiger partial charge >= 0.3 is 0 Å². The first-order valence-electron chi connectivity index (χ1n) is 6.24. The van der Waals surface area contributed by atoms with Gasteiger partial charge < -0.3 is 5.73 Å². The third kappa shape index (κ3) is 4.88. The van der Waals surface area contributed by atoms with E-state index in [4.69, 9.17) is 17.3 Å². The molecule has 2 N–H and O–H groups in total. The van der Waals surface area contributed by atoms with Crippen molar-refractivity contribution in [2.45, 2.75) is 27.3 Å².